The van der Waals surface area contributed by atoms with Gasteiger partial charge in [0, 0.05) is 45.0 Å². The Morgan fingerprint density at radius 1 is 1.21 bits per heavy atom. The van der Waals surface area contributed by atoms with Crippen LogP contribution in [0.4, 0.5) is 10.1 Å². The number of nitrogens with one attached hydrogen (secondary N) is 1. The van der Waals surface area contributed by atoms with Gasteiger partial charge in [-0.3, -0.25) is 4.90 Å². The second-order valence-electron chi connectivity index (χ2n) is 6.37. The van der Waals surface area contributed by atoms with Gasteiger partial charge in [0.05, 0.1) is 10.6 Å². The van der Waals surface area contributed by atoms with E-state index < -0.39 is 5.60 Å². The molecule has 2 aliphatic heterocycles. The molecule has 2 heterocycles. The molecule has 1 aromatic carbocycles. The van der Waals surface area contributed by atoms with Crippen LogP contribution in [0.2, 0.25) is 5.02 Å². The van der Waals surface area contributed by atoms with Gasteiger partial charge in [-0.05, 0) is 37.6 Å². The van der Waals surface area contributed by atoms with Crippen LogP contribution in [0.25, 0.3) is 0 Å². The van der Waals surface area contributed by atoms with Crippen molar-refractivity contribution < 1.29 is 9.50 Å². The number of hydrogen-bond donors (Lipinski definition) is 2. The lowest BCUT2D eigenvalue weighted by Crippen LogP contribution is -2.56. The molecule has 1 unspecified atom stereocenters. The van der Waals surface area contributed by atoms with Crippen molar-refractivity contribution in [2.24, 2.45) is 0 Å². The van der Waals surface area contributed by atoms with Crippen molar-refractivity contribution in [3.63, 3.8) is 0 Å². The maximum Gasteiger partial charge on any atom is 0.141 e. The Kier molecular flexibility index (Phi) is 8.53. The van der Waals surface area contributed by atoms with Crippen LogP contribution in [0.5, 0.6) is 0 Å². The summed E-state index contributed by atoms with van der Waals surface area (Å²) in [5.41, 5.74) is 0.365. The van der Waals surface area contributed by atoms with Gasteiger partial charge in [0.1, 0.15) is 5.82 Å². The van der Waals surface area contributed by atoms with Crippen LogP contribution >= 0.6 is 36.4 Å². The third-order valence-corrected chi connectivity index (χ3v) is 4.90. The van der Waals surface area contributed by atoms with Crippen LogP contribution < -0.4 is 10.2 Å². The molecule has 2 fully saturated rings. The topological polar surface area (TPSA) is 38.7 Å². The van der Waals surface area contributed by atoms with E-state index in [1.54, 1.807) is 12.1 Å². The monoisotopic (exact) mass is 399 g/mol. The molecule has 1 aromatic rings. The average Bonchev–Trinajstić information content (AvgIpc) is 2.51. The van der Waals surface area contributed by atoms with Gasteiger partial charge in [-0.2, -0.15) is 0 Å². The molecule has 0 saturated carbocycles. The Balaban J connectivity index is 0.00000144. The van der Waals surface area contributed by atoms with Gasteiger partial charge < -0.3 is 15.3 Å². The fourth-order valence-corrected chi connectivity index (χ4v) is 3.52. The lowest BCUT2D eigenvalue weighted by Gasteiger charge is -2.41. The molecule has 0 bridgehead atoms. The summed E-state index contributed by atoms with van der Waals surface area (Å²) in [7, 11) is 0. The van der Waals surface area contributed by atoms with E-state index in [1.807, 2.05) is 0 Å². The molecule has 2 N–H and O–H groups in total. The summed E-state index contributed by atoms with van der Waals surface area (Å²) in [5.74, 6) is -0.379. The van der Waals surface area contributed by atoms with E-state index in [-0.39, 0.29) is 35.7 Å². The fourth-order valence-electron chi connectivity index (χ4n) is 3.35. The Morgan fingerprint density at radius 3 is 2.50 bits per heavy atom. The SMILES string of the molecule is Cl.Cl.OC1(CN2CCN(c3ccc(F)c(Cl)c3)CC2)CCCNC1. The second kappa shape index (κ2) is 9.41. The van der Waals surface area contributed by atoms with Crippen LogP contribution in [0.15, 0.2) is 18.2 Å². The summed E-state index contributed by atoms with van der Waals surface area (Å²) in [4.78, 5) is 4.53. The molecule has 24 heavy (non-hydrogen) atoms. The molecule has 0 spiro atoms. The second-order valence-corrected chi connectivity index (χ2v) is 6.77. The quantitative estimate of drug-likeness (QED) is 0.818. The van der Waals surface area contributed by atoms with Crippen molar-refractivity contribution in [1.29, 1.82) is 0 Å². The van der Waals surface area contributed by atoms with Gasteiger partial charge in [0.25, 0.3) is 0 Å². The standard InChI is InChI=1S/C16H23ClFN3O.2ClH/c17-14-10-13(2-3-15(14)18)21-8-6-20(7-9-21)12-16(22)4-1-5-19-11-16;;/h2-3,10,19,22H,1,4-9,11-12H2;2*1H. The predicted molar refractivity (Wildman–Crippen MR) is 102 cm³/mol. The minimum absolute atomic E-state index is 0. The summed E-state index contributed by atoms with van der Waals surface area (Å²) in [6.45, 7) is 5.94. The highest BCUT2D eigenvalue weighted by Crippen LogP contribution is 2.24. The summed E-state index contributed by atoms with van der Waals surface area (Å²) >= 11 is 5.86. The Hall–Kier alpha value is -0.300. The van der Waals surface area contributed by atoms with Crippen molar-refractivity contribution in [2.75, 3.05) is 50.7 Å². The number of halogens is 4. The molecule has 8 heteroatoms. The van der Waals surface area contributed by atoms with E-state index in [2.05, 4.69) is 15.1 Å². The zero-order valence-electron chi connectivity index (χ0n) is 13.5. The van der Waals surface area contributed by atoms with Crippen LogP contribution in [0, 0.1) is 5.82 Å². The Labute approximate surface area is 160 Å². The zero-order chi connectivity index (χ0) is 15.6. The molecule has 1 atom stereocenters. The number of piperazine rings is 1. The molecule has 0 amide bonds. The van der Waals surface area contributed by atoms with Gasteiger partial charge in [-0.15, -0.1) is 24.8 Å². The minimum Gasteiger partial charge on any atom is -0.387 e. The van der Waals surface area contributed by atoms with Crippen LogP contribution in [0.3, 0.4) is 0 Å². The van der Waals surface area contributed by atoms with Gasteiger partial charge in [0.15, 0.2) is 0 Å². The molecule has 2 aliphatic rings. The summed E-state index contributed by atoms with van der Waals surface area (Å²) < 4.78 is 13.2. The summed E-state index contributed by atoms with van der Waals surface area (Å²) in [6, 6.07) is 4.88. The van der Waals surface area contributed by atoms with Crippen molar-refractivity contribution >= 4 is 42.1 Å². The highest BCUT2D eigenvalue weighted by molar-refractivity contribution is 6.31. The number of rotatable bonds is 3. The van der Waals surface area contributed by atoms with E-state index in [1.165, 1.54) is 6.07 Å². The van der Waals surface area contributed by atoms with Crippen LogP contribution in [-0.4, -0.2) is 61.4 Å². The number of nitrogens with zero attached hydrogens (tertiary/aromatic N) is 2. The van der Waals surface area contributed by atoms with E-state index in [9.17, 15) is 9.50 Å². The lowest BCUT2D eigenvalue weighted by molar-refractivity contribution is -0.0164. The molecular weight excluding hydrogens is 376 g/mol. The van der Waals surface area contributed by atoms with Crippen molar-refractivity contribution in [2.45, 2.75) is 18.4 Å². The van der Waals surface area contributed by atoms with E-state index >= 15 is 0 Å². The minimum atomic E-state index is -0.598. The molecule has 0 aliphatic carbocycles. The van der Waals surface area contributed by atoms with Crippen molar-refractivity contribution in [1.82, 2.24) is 10.2 Å². The van der Waals surface area contributed by atoms with Gasteiger partial charge >= 0.3 is 0 Å². The number of piperidine rings is 1. The molecule has 2 saturated heterocycles. The van der Waals surface area contributed by atoms with Gasteiger partial charge in [-0.1, -0.05) is 11.6 Å². The number of β-amino-alcohol motifs (C(OH)–C–C–N with tert-alkyl or cyclic N) is 1. The molecular formula is C16H25Cl3FN3O. The normalized spacial score (nSPS) is 24.9. The first-order valence-corrected chi connectivity index (χ1v) is 8.29. The number of hydrogen-bond acceptors (Lipinski definition) is 4. The number of aliphatic hydroxyl groups is 1. The van der Waals surface area contributed by atoms with Gasteiger partial charge in [-0.25, -0.2) is 4.39 Å². The Morgan fingerprint density at radius 2 is 1.92 bits per heavy atom. The third-order valence-electron chi connectivity index (χ3n) is 4.61. The maximum absolute atomic E-state index is 13.2. The highest BCUT2D eigenvalue weighted by atomic mass is 35.5. The molecule has 3 rings (SSSR count). The first-order valence-electron chi connectivity index (χ1n) is 7.91. The smallest absolute Gasteiger partial charge is 0.141 e. The van der Waals surface area contributed by atoms with Crippen molar-refractivity contribution in [3.05, 3.63) is 29.0 Å². The highest BCUT2D eigenvalue weighted by Gasteiger charge is 2.32. The van der Waals surface area contributed by atoms with Gasteiger partial charge in [0.2, 0.25) is 0 Å². The zero-order valence-corrected chi connectivity index (χ0v) is 15.9. The van der Waals surface area contributed by atoms with E-state index in [4.69, 9.17) is 11.6 Å². The molecule has 0 aromatic heterocycles. The lowest BCUT2D eigenvalue weighted by atomic mass is 9.93. The summed E-state index contributed by atoms with van der Waals surface area (Å²) in [6.07, 6.45) is 1.90. The number of anilines is 1. The van der Waals surface area contributed by atoms with E-state index in [0.717, 1.165) is 57.8 Å². The van der Waals surface area contributed by atoms with E-state index in [0.29, 0.717) is 6.54 Å². The van der Waals surface area contributed by atoms with Crippen LogP contribution in [-0.2, 0) is 0 Å². The fraction of sp³-hybridized carbons (Fsp3) is 0.625. The first-order chi connectivity index (χ1) is 10.6. The Bertz CT molecular complexity index is 521. The molecule has 138 valence electrons. The van der Waals surface area contributed by atoms with Crippen LogP contribution in [0.1, 0.15) is 12.8 Å². The largest absolute Gasteiger partial charge is 0.387 e. The van der Waals surface area contributed by atoms with Crippen molar-refractivity contribution in [3.8, 4) is 0 Å². The predicted octanol–water partition coefficient (Wildman–Crippen LogP) is 2.56. The number of benzene rings is 1. The first kappa shape index (κ1) is 21.7. The maximum atomic E-state index is 13.2. The molecule has 0 radical (unpaired) electrons. The summed E-state index contributed by atoms with van der Waals surface area (Å²) in [5, 5.41) is 14.0. The third kappa shape index (κ3) is 5.35. The average molecular weight is 401 g/mol. The molecule has 4 nitrogen and oxygen atoms in total.